The molecule has 2 aromatic carbocycles. The maximum absolute atomic E-state index is 12.0. The van der Waals surface area contributed by atoms with Crippen LogP contribution in [0.4, 0.5) is 0 Å². The fourth-order valence-corrected chi connectivity index (χ4v) is 2.72. The summed E-state index contributed by atoms with van der Waals surface area (Å²) in [5.41, 5.74) is 1.94. The van der Waals surface area contributed by atoms with E-state index in [9.17, 15) is 9.90 Å². The number of nitrogens with zero attached hydrogens (tertiary/aromatic N) is 1. The first-order valence-electron chi connectivity index (χ1n) is 7.31. The molecule has 0 fully saturated rings. The highest BCUT2D eigenvalue weighted by Gasteiger charge is 2.44. The van der Waals surface area contributed by atoms with Gasteiger partial charge in [0.15, 0.2) is 0 Å². The Hall–Kier alpha value is -2.66. The van der Waals surface area contributed by atoms with Crippen LogP contribution in [0.3, 0.4) is 0 Å². The van der Waals surface area contributed by atoms with Crippen molar-refractivity contribution >= 4 is 11.7 Å². The first-order chi connectivity index (χ1) is 11.2. The van der Waals surface area contributed by atoms with E-state index in [-0.39, 0.29) is 0 Å². The van der Waals surface area contributed by atoms with E-state index in [0.717, 1.165) is 5.56 Å². The van der Waals surface area contributed by atoms with Crippen LogP contribution in [0, 0.1) is 0 Å². The van der Waals surface area contributed by atoms with Gasteiger partial charge in [-0.1, -0.05) is 65.8 Å². The number of aliphatic hydroxyl groups is 1. The van der Waals surface area contributed by atoms with Gasteiger partial charge in [-0.25, -0.2) is 4.79 Å². The molecule has 0 spiro atoms. The van der Waals surface area contributed by atoms with Crippen molar-refractivity contribution in [2.24, 2.45) is 5.16 Å². The van der Waals surface area contributed by atoms with Gasteiger partial charge in [0.05, 0.1) is 13.0 Å². The predicted octanol–water partition coefficient (Wildman–Crippen LogP) is 2.43. The van der Waals surface area contributed by atoms with E-state index < -0.39 is 24.1 Å². The Balaban J connectivity index is 1.97. The Morgan fingerprint density at radius 2 is 1.74 bits per heavy atom. The molecule has 1 aliphatic rings. The highest BCUT2D eigenvalue weighted by Crippen LogP contribution is 2.35. The third-order valence-corrected chi connectivity index (χ3v) is 3.88. The van der Waals surface area contributed by atoms with E-state index in [0.29, 0.717) is 11.3 Å². The van der Waals surface area contributed by atoms with Crippen molar-refractivity contribution in [3.63, 3.8) is 0 Å². The van der Waals surface area contributed by atoms with Crippen LogP contribution in [0.25, 0.3) is 0 Å². The SMILES string of the molecule is COC(=O)[C@H]1ON=C([C@@H](O)c2ccccc2)[C@H]1c1ccccc1. The second-order valence-electron chi connectivity index (χ2n) is 5.27. The summed E-state index contributed by atoms with van der Waals surface area (Å²) in [6, 6.07) is 18.5. The molecule has 0 amide bonds. The number of oxime groups is 1. The smallest absolute Gasteiger partial charge is 0.351 e. The van der Waals surface area contributed by atoms with Crippen molar-refractivity contribution in [1.29, 1.82) is 0 Å². The van der Waals surface area contributed by atoms with Crippen molar-refractivity contribution < 1.29 is 19.5 Å². The van der Waals surface area contributed by atoms with Crippen LogP contribution in [0.2, 0.25) is 0 Å². The first-order valence-corrected chi connectivity index (χ1v) is 7.31. The first kappa shape index (κ1) is 15.2. The largest absolute Gasteiger partial charge is 0.466 e. The second-order valence-corrected chi connectivity index (χ2v) is 5.27. The molecule has 118 valence electrons. The van der Waals surface area contributed by atoms with Crippen LogP contribution in [0.15, 0.2) is 65.8 Å². The maximum Gasteiger partial charge on any atom is 0.351 e. The van der Waals surface area contributed by atoms with E-state index in [1.54, 1.807) is 12.1 Å². The molecule has 1 aliphatic heterocycles. The minimum absolute atomic E-state index is 0.401. The van der Waals surface area contributed by atoms with Crippen LogP contribution in [-0.2, 0) is 14.4 Å². The third-order valence-electron chi connectivity index (χ3n) is 3.88. The van der Waals surface area contributed by atoms with E-state index in [4.69, 9.17) is 9.57 Å². The molecule has 0 saturated carbocycles. The molecule has 0 aromatic heterocycles. The summed E-state index contributed by atoms with van der Waals surface area (Å²) in [5, 5.41) is 14.6. The average molecular weight is 311 g/mol. The molecule has 1 N–H and O–H groups in total. The normalized spacial score (nSPS) is 21.2. The van der Waals surface area contributed by atoms with Gasteiger partial charge < -0.3 is 14.7 Å². The fraction of sp³-hybridized carbons (Fsp3) is 0.222. The number of benzene rings is 2. The van der Waals surface area contributed by atoms with Gasteiger partial charge in [-0.2, -0.15) is 0 Å². The molecule has 3 atom stereocenters. The summed E-state index contributed by atoms with van der Waals surface area (Å²) in [4.78, 5) is 17.3. The topological polar surface area (TPSA) is 68.1 Å². The van der Waals surface area contributed by atoms with Crippen LogP contribution < -0.4 is 0 Å². The number of ether oxygens (including phenoxy) is 1. The monoisotopic (exact) mass is 311 g/mol. The zero-order valence-electron chi connectivity index (χ0n) is 12.6. The number of rotatable bonds is 4. The molecule has 0 bridgehead atoms. The van der Waals surface area contributed by atoms with Crippen molar-refractivity contribution in [2.45, 2.75) is 18.1 Å². The molecule has 3 rings (SSSR count). The molecule has 0 aliphatic carbocycles. The summed E-state index contributed by atoms with van der Waals surface area (Å²) < 4.78 is 4.80. The Bertz CT molecular complexity index is 699. The van der Waals surface area contributed by atoms with E-state index in [1.807, 2.05) is 48.5 Å². The number of esters is 1. The van der Waals surface area contributed by atoms with Crippen molar-refractivity contribution in [3.05, 3.63) is 71.8 Å². The highest BCUT2D eigenvalue weighted by atomic mass is 16.7. The van der Waals surface area contributed by atoms with Crippen LogP contribution >= 0.6 is 0 Å². The van der Waals surface area contributed by atoms with Gasteiger partial charge in [0.25, 0.3) is 0 Å². The molecule has 5 heteroatoms. The molecule has 0 radical (unpaired) electrons. The van der Waals surface area contributed by atoms with Crippen LogP contribution in [0.5, 0.6) is 0 Å². The highest BCUT2D eigenvalue weighted by molar-refractivity contribution is 6.00. The lowest BCUT2D eigenvalue weighted by molar-refractivity contribution is -0.153. The summed E-state index contributed by atoms with van der Waals surface area (Å²) in [7, 11) is 1.30. The Kier molecular flexibility index (Phi) is 4.39. The summed E-state index contributed by atoms with van der Waals surface area (Å²) in [6.45, 7) is 0. The van der Waals surface area contributed by atoms with E-state index in [1.165, 1.54) is 7.11 Å². The fourth-order valence-electron chi connectivity index (χ4n) is 2.72. The van der Waals surface area contributed by atoms with Gasteiger partial charge in [-0.3, -0.25) is 0 Å². The lowest BCUT2D eigenvalue weighted by atomic mass is 9.85. The van der Waals surface area contributed by atoms with Crippen molar-refractivity contribution in [2.75, 3.05) is 7.11 Å². The lowest BCUT2D eigenvalue weighted by Gasteiger charge is -2.20. The Labute approximate surface area is 134 Å². The number of methoxy groups -OCH3 is 1. The molecule has 0 unspecified atom stereocenters. The maximum atomic E-state index is 12.0. The zero-order valence-corrected chi connectivity index (χ0v) is 12.6. The van der Waals surface area contributed by atoms with E-state index in [2.05, 4.69) is 5.16 Å². The number of hydrogen-bond acceptors (Lipinski definition) is 5. The summed E-state index contributed by atoms with van der Waals surface area (Å²) >= 11 is 0. The van der Waals surface area contributed by atoms with Gasteiger partial charge in [-0.05, 0) is 11.1 Å². The average Bonchev–Trinajstić information content (AvgIpc) is 3.07. The van der Waals surface area contributed by atoms with Crippen molar-refractivity contribution in [3.8, 4) is 0 Å². The van der Waals surface area contributed by atoms with Gasteiger partial charge in [0.2, 0.25) is 6.10 Å². The summed E-state index contributed by atoms with van der Waals surface area (Å²) in [6.07, 6.45) is -1.84. The van der Waals surface area contributed by atoms with Gasteiger partial charge in [0.1, 0.15) is 11.8 Å². The molecular formula is C18H17NO4. The van der Waals surface area contributed by atoms with Gasteiger partial charge in [-0.15, -0.1) is 0 Å². The summed E-state index contributed by atoms with van der Waals surface area (Å²) in [5.74, 6) is -1.00. The molecular weight excluding hydrogens is 294 g/mol. The molecule has 0 saturated heterocycles. The molecule has 23 heavy (non-hydrogen) atoms. The number of carbonyl (C=O) groups excluding carboxylic acids is 1. The Morgan fingerprint density at radius 1 is 1.13 bits per heavy atom. The molecule has 2 aromatic rings. The minimum Gasteiger partial charge on any atom is -0.466 e. The number of hydrogen-bond donors (Lipinski definition) is 1. The molecule has 1 heterocycles. The van der Waals surface area contributed by atoms with Crippen molar-refractivity contribution in [1.82, 2.24) is 0 Å². The third kappa shape index (κ3) is 2.96. The van der Waals surface area contributed by atoms with Gasteiger partial charge in [0, 0.05) is 0 Å². The lowest BCUT2D eigenvalue weighted by Crippen LogP contribution is -2.32. The van der Waals surface area contributed by atoms with E-state index >= 15 is 0 Å². The van der Waals surface area contributed by atoms with Gasteiger partial charge >= 0.3 is 5.97 Å². The molecule has 5 nitrogen and oxygen atoms in total. The Morgan fingerprint density at radius 3 is 2.35 bits per heavy atom. The van der Waals surface area contributed by atoms with Crippen LogP contribution in [-0.4, -0.2) is 30.0 Å². The standard InChI is InChI=1S/C18H17NO4/c1-22-18(21)17-14(12-8-4-2-5-9-12)15(19-23-17)16(20)13-10-6-3-7-11-13/h2-11,14,16-17,20H,1H3/t14-,16+,17+/m1/s1. The number of aliphatic hydroxyl groups excluding tert-OH is 1. The predicted molar refractivity (Wildman–Crippen MR) is 84.9 cm³/mol. The minimum atomic E-state index is -0.948. The second kappa shape index (κ2) is 6.62. The zero-order chi connectivity index (χ0) is 16.2. The number of carbonyl (C=O) groups is 1. The van der Waals surface area contributed by atoms with Crippen LogP contribution in [0.1, 0.15) is 23.1 Å². The quantitative estimate of drug-likeness (QED) is 0.881.